The molecule has 1 unspecified atom stereocenters. The number of aliphatic hydroxyl groups excluding tert-OH is 1. The Labute approximate surface area is 120 Å². The van der Waals surface area contributed by atoms with Gasteiger partial charge in [-0.1, -0.05) is 25.3 Å². The Hall–Kier alpha value is -1.13. The molecule has 0 aliphatic heterocycles. The summed E-state index contributed by atoms with van der Waals surface area (Å²) in [5.74, 6) is -0.233. The highest BCUT2D eigenvalue weighted by atomic mass is 19.1. The summed E-state index contributed by atoms with van der Waals surface area (Å²) in [6.07, 6.45) is 5.67. The van der Waals surface area contributed by atoms with Crippen LogP contribution in [0.3, 0.4) is 0 Å². The molecule has 112 valence electrons. The highest BCUT2D eigenvalue weighted by Gasteiger charge is 2.15. The highest BCUT2D eigenvalue weighted by molar-refractivity contribution is 5.50. The molecule has 1 aliphatic rings. The maximum atomic E-state index is 13.4. The number of benzene rings is 1. The number of rotatable bonds is 6. The van der Waals surface area contributed by atoms with Crippen LogP contribution in [-0.2, 0) is 4.74 Å². The molecule has 2 rings (SSSR count). The quantitative estimate of drug-likeness (QED) is 0.841. The Balaban J connectivity index is 1.71. The molecule has 1 saturated carbocycles. The molecular weight excluding hydrogens is 257 g/mol. The van der Waals surface area contributed by atoms with Crippen molar-refractivity contribution in [2.75, 3.05) is 18.5 Å². The lowest BCUT2D eigenvalue weighted by Gasteiger charge is -2.23. The van der Waals surface area contributed by atoms with Crippen molar-refractivity contribution in [2.45, 2.75) is 51.2 Å². The Kier molecular flexibility index (Phi) is 5.80. The Morgan fingerprint density at radius 2 is 2.10 bits per heavy atom. The fraction of sp³-hybridized carbons (Fsp3) is 0.625. The van der Waals surface area contributed by atoms with E-state index in [4.69, 9.17) is 4.74 Å². The zero-order valence-electron chi connectivity index (χ0n) is 12.1. The van der Waals surface area contributed by atoms with Crippen LogP contribution in [0.1, 0.15) is 37.7 Å². The van der Waals surface area contributed by atoms with E-state index in [0.717, 1.165) is 18.5 Å². The van der Waals surface area contributed by atoms with E-state index in [1.165, 1.54) is 25.3 Å². The SMILES string of the molecule is Cc1c(F)cccc1NCC(O)COC1CCCCC1. The van der Waals surface area contributed by atoms with Crippen LogP contribution in [0, 0.1) is 12.7 Å². The van der Waals surface area contributed by atoms with Crippen LogP contribution >= 0.6 is 0 Å². The van der Waals surface area contributed by atoms with Crippen molar-refractivity contribution in [1.82, 2.24) is 0 Å². The predicted octanol–water partition coefficient (Wildman–Crippen LogP) is 3.26. The molecule has 3 nitrogen and oxygen atoms in total. The number of ether oxygens (including phenoxy) is 1. The minimum absolute atomic E-state index is 0.233. The molecule has 0 amide bonds. The lowest BCUT2D eigenvalue weighted by molar-refractivity contribution is -0.0195. The van der Waals surface area contributed by atoms with Gasteiger partial charge in [0.1, 0.15) is 5.82 Å². The zero-order chi connectivity index (χ0) is 14.4. The third kappa shape index (κ3) is 4.46. The van der Waals surface area contributed by atoms with Crippen LogP contribution in [0.5, 0.6) is 0 Å². The second kappa shape index (κ2) is 7.60. The Morgan fingerprint density at radius 3 is 2.85 bits per heavy atom. The number of hydrogen-bond donors (Lipinski definition) is 2. The van der Waals surface area contributed by atoms with Crippen LogP contribution in [0.15, 0.2) is 18.2 Å². The van der Waals surface area contributed by atoms with Crippen LogP contribution in [-0.4, -0.2) is 30.5 Å². The first kappa shape index (κ1) is 15.3. The summed E-state index contributed by atoms with van der Waals surface area (Å²) < 4.78 is 19.1. The van der Waals surface area contributed by atoms with Crippen molar-refractivity contribution >= 4 is 5.69 Å². The van der Waals surface area contributed by atoms with Gasteiger partial charge in [-0.3, -0.25) is 0 Å². The minimum Gasteiger partial charge on any atom is -0.389 e. The third-order valence-electron chi connectivity index (χ3n) is 3.87. The summed E-state index contributed by atoms with van der Waals surface area (Å²) in [7, 11) is 0. The van der Waals surface area contributed by atoms with Crippen molar-refractivity contribution < 1.29 is 14.2 Å². The summed E-state index contributed by atoms with van der Waals surface area (Å²) in [6, 6.07) is 4.91. The van der Waals surface area contributed by atoms with Crippen molar-refractivity contribution in [3.8, 4) is 0 Å². The molecule has 2 N–H and O–H groups in total. The van der Waals surface area contributed by atoms with Crippen molar-refractivity contribution in [3.05, 3.63) is 29.6 Å². The summed E-state index contributed by atoms with van der Waals surface area (Å²) in [6.45, 7) is 2.44. The van der Waals surface area contributed by atoms with E-state index < -0.39 is 6.10 Å². The lowest BCUT2D eigenvalue weighted by Crippen LogP contribution is -2.28. The van der Waals surface area contributed by atoms with Gasteiger partial charge in [0, 0.05) is 17.8 Å². The molecule has 4 heteroatoms. The first-order valence-corrected chi connectivity index (χ1v) is 7.45. The molecule has 1 aliphatic carbocycles. The van der Waals surface area contributed by atoms with E-state index in [-0.39, 0.29) is 5.82 Å². The normalized spacial score (nSPS) is 17.9. The van der Waals surface area contributed by atoms with E-state index in [1.807, 2.05) is 6.07 Å². The molecule has 0 heterocycles. The summed E-state index contributed by atoms with van der Waals surface area (Å²) in [5.41, 5.74) is 1.30. The molecule has 1 aromatic rings. The minimum atomic E-state index is -0.570. The Bertz CT molecular complexity index is 419. The number of anilines is 1. The second-order valence-electron chi connectivity index (χ2n) is 5.54. The van der Waals surface area contributed by atoms with Gasteiger partial charge in [-0.25, -0.2) is 4.39 Å². The summed E-state index contributed by atoms with van der Waals surface area (Å²) in [4.78, 5) is 0. The fourth-order valence-corrected chi connectivity index (χ4v) is 2.56. The number of nitrogens with one attached hydrogen (secondary N) is 1. The molecule has 1 fully saturated rings. The number of hydrogen-bond acceptors (Lipinski definition) is 3. The van der Waals surface area contributed by atoms with Gasteiger partial charge >= 0.3 is 0 Å². The standard InChI is InChI=1S/C16H24FNO2/c1-12-15(17)8-5-9-16(12)18-10-13(19)11-20-14-6-3-2-4-7-14/h5,8-9,13-14,18-19H,2-4,6-7,10-11H2,1H3. The topological polar surface area (TPSA) is 41.5 Å². The number of aliphatic hydroxyl groups is 1. The predicted molar refractivity (Wildman–Crippen MR) is 78.5 cm³/mol. The lowest BCUT2D eigenvalue weighted by atomic mass is 9.98. The largest absolute Gasteiger partial charge is 0.389 e. The van der Waals surface area contributed by atoms with Gasteiger partial charge in [0.15, 0.2) is 0 Å². The van der Waals surface area contributed by atoms with Crippen LogP contribution in [0.2, 0.25) is 0 Å². The molecule has 0 radical (unpaired) electrons. The van der Waals surface area contributed by atoms with Crippen LogP contribution in [0.25, 0.3) is 0 Å². The van der Waals surface area contributed by atoms with Gasteiger partial charge in [0.2, 0.25) is 0 Å². The maximum absolute atomic E-state index is 13.4. The van der Waals surface area contributed by atoms with E-state index in [0.29, 0.717) is 24.8 Å². The van der Waals surface area contributed by atoms with E-state index >= 15 is 0 Å². The van der Waals surface area contributed by atoms with Gasteiger partial charge < -0.3 is 15.2 Å². The average Bonchev–Trinajstić information content (AvgIpc) is 2.48. The van der Waals surface area contributed by atoms with Crippen molar-refractivity contribution in [2.24, 2.45) is 0 Å². The molecule has 1 aromatic carbocycles. The van der Waals surface area contributed by atoms with Crippen molar-refractivity contribution in [1.29, 1.82) is 0 Å². The smallest absolute Gasteiger partial charge is 0.128 e. The first-order valence-electron chi connectivity index (χ1n) is 7.45. The van der Waals surface area contributed by atoms with Gasteiger partial charge in [-0.15, -0.1) is 0 Å². The van der Waals surface area contributed by atoms with Gasteiger partial charge in [-0.2, -0.15) is 0 Å². The third-order valence-corrected chi connectivity index (χ3v) is 3.87. The zero-order valence-corrected chi connectivity index (χ0v) is 12.1. The van der Waals surface area contributed by atoms with Crippen LogP contribution in [0.4, 0.5) is 10.1 Å². The van der Waals surface area contributed by atoms with Gasteiger partial charge in [-0.05, 0) is 31.9 Å². The fourth-order valence-electron chi connectivity index (χ4n) is 2.56. The molecule has 1 atom stereocenters. The van der Waals surface area contributed by atoms with E-state index in [1.54, 1.807) is 13.0 Å². The number of halogens is 1. The summed E-state index contributed by atoms with van der Waals surface area (Å²) in [5, 5.41) is 13.0. The van der Waals surface area contributed by atoms with Gasteiger partial charge in [0.05, 0.1) is 18.8 Å². The Morgan fingerprint density at radius 1 is 1.35 bits per heavy atom. The van der Waals surface area contributed by atoms with Crippen LogP contribution < -0.4 is 5.32 Å². The maximum Gasteiger partial charge on any atom is 0.128 e. The summed E-state index contributed by atoms with van der Waals surface area (Å²) >= 11 is 0. The van der Waals surface area contributed by atoms with E-state index in [2.05, 4.69) is 5.32 Å². The monoisotopic (exact) mass is 281 g/mol. The molecule has 0 saturated heterocycles. The molecule has 0 bridgehead atoms. The molecule has 0 aromatic heterocycles. The van der Waals surface area contributed by atoms with E-state index in [9.17, 15) is 9.50 Å². The molecular formula is C16H24FNO2. The highest BCUT2D eigenvalue weighted by Crippen LogP contribution is 2.20. The first-order chi connectivity index (χ1) is 9.66. The van der Waals surface area contributed by atoms with Gasteiger partial charge in [0.25, 0.3) is 0 Å². The average molecular weight is 281 g/mol. The molecule has 0 spiro atoms. The van der Waals surface area contributed by atoms with Crippen molar-refractivity contribution in [3.63, 3.8) is 0 Å². The second-order valence-corrected chi connectivity index (χ2v) is 5.54. The molecule has 20 heavy (non-hydrogen) atoms.